The number of carbonyl (C=O) groups is 4. The average molecular weight is 537 g/mol. The fourth-order valence-electron chi connectivity index (χ4n) is 2.12. The van der Waals surface area contributed by atoms with Crippen LogP contribution in [-0.4, -0.2) is 63.7 Å². The molecule has 0 aliphatic rings. The van der Waals surface area contributed by atoms with Crippen molar-refractivity contribution in [2.45, 2.75) is 5.36 Å². The summed E-state index contributed by atoms with van der Waals surface area (Å²) in [6.45, 7) is 9.11. The van der Waals surface area contributed by atoms with Gasteiger partial charge >= 0.3 is 206 Å². The van der Waals surface area contributed by atoms with Crippen LogP contribution in [0.1, 0.15) is 20.7 Å². The third-order valence-electron chi connectivity index (χ3n) is 3.66. The number of hydrogen-bond acceptors (Lipinski definition) is 11. The van der Waals surface area contributed by atoms with Gasteiger partial charge in [0, 0.05) is 0 Å². The van der Waals surface area contributed by atoms with E-state index in [-0.39, 0.29) is 60.8 Å². The molecule has 11 nitrogen and oxygen atoms in total. The summed E-state index contributed by atoms with van der Waals surface area (Å²) in [6, 6.07) is 3.81. The molecule has 1 aromatic carbocycles. The van der Waals surface area contributed by atoms with Gasteiger partial charge in [0.1, 0.15) is 0 Å². The Kier molecular flexibility index (Phi) is 14.2. The molecule has 0 aliphatic heterocycles. The zero-order chi connectivity index (χ0) is 26.1. The van der Waals surface area contributed by atoms with Gasteiger partial charge in [-0.05, 0) is 0 Å². The summed E-state index contributed by atoms with van der Waals surface area (Å²) in [5.41, 5.74) is -0.133. The van der Waals surface area contributed by atoms with E-state index in [0.29, 0.717) is 0 Å². The van der Waals surface area contributed by atoms with Gasteiger partial charge < -0.3 is 0 Å². The quantitative estimate of drug-likeness (QED) is 0.0715. The van der Waals surface area contributed by atoms with Crippen LogP contribution >= 0.6 is 0 Å². The maximum atomic E-state index is 12.7. The number of benzene rings is 1. The molecule has 0 fully saturated rings. The van der Waals surface area contributed by atoms with E-state index >= 15 is 0 Å². The zero-order valence-electron chi connectivity index (χ0n) is 18.9. The fourth-order valence-corrected chi connectivity index (χ4v) is 3.38. The third kappa shape index (κ3) is 11.9. The van der Waals surface area contributed by atoms with Crippen LogP contribution in [0.5, 0.6) is 0 Å². The van der Waals surface area contributed by atoms with Gasteiger partial charge in [-0.1, -0.05) is 0 Å². The minimum absolute atomic E-state index is 0.0421. The van der Waals surface area contributed by atoms with Crippen LogP contribution in [0.25, 0.3) is 0 Å². The van der Waals surface area contributed by atoms with Crippen LogP contribution < -0.4 is 4.50 Å². The van der Waals surface area contributed by atoms with E-state index in [1.165, 1.54) is 24.5 Å². The number of hydrogen-bond donors (Lipinski definition) is 0. The van der Waals surface area contributed by atoms with Gasteiger partial charge in [0.2, 0.25) is 0 Å². The maximum absolute atomic E-state index is 12.7. The molecule has 0 bridgehead atoms. The fraction of sp³-hybridized carbons (Fsp3) is 0.304. The van der Waals surface area contributed by atoms with E-state index < -0.39 is 37.5 Å². The van der Waals surface area contributed by atoms with Crippen molar-refractivity contribution >= 4 is 28.4 Å². The van der Waals surface area contributed by atoms with Gasteiger partial charge in [-0.3, -0.25) is 0 Å². The summed E-state index contributed by atoms with van der Waals surface area (Å²) < 4.78 is 42.4. The Hall–Kier alpha value is -3.61. The molecule has 1 aromatic rings. The summed E-state index contributed by atoms with van der Waals surface area (Å²) in [6.07, 6.45) is 3.13. The number of carbonyl (C=O) groups excluding carboxylic acids is 4. The standard InChI is InChI=1S/C18H19O8.C5H7O2.Co.O/c1-3-16(19)24-10-11-26-18(21)15-7-5-6-14(12-15)17(20)25-9-8-23-13-22-4-2;1-3-5(6)7-4-2;;/h3-4,6-7,12H,1-2,8-11,13H2;3H,1-2,4H2;;. The second-order valence-electron chi connectivity index (χ2n) is 6.03. The summed E-state index contributed by atoms with van der Waals surface area (Å²) in [5.74, 6) is -2.99. The second-order valence-corrected chi connectivity index (χ2v) is 8.03. The molecule has 0 aromatic heterocycles. The Morgan fingerprint density at radius 2 is 1.26 bits per heavy atom. The van der Waals surface area contributed by atoms with Crippen molar-refractivity contribution in [3.8, 4) is 0 Å². The van der Waals surface area contributed by atoms with Crippen LogP contribution in [0.15, 0.2) is 56.4 Å². The van der Waals surface area contributed by atoms with Gasteiger partial charge in [0.05, 0.1) is 0 Å². The Labute approximate surface area is 206 Å². The van der Waals surface area contributed by atoms with E-state index in [2.05, 4.69) is 19.7 Å². The monoisotopic (exact) mass is 537 g/mol. The molecule has 12 heteroatoms. The molecule has 0 saturated carbocycles. The van der Waals surface area contributed by atoms with Crippen molar-refractivity contribution in [3.63, 3.8) is 0 Å². The number of esters is 4. The summed E-state index contributed by atoms with van der Waals surface area (Å²) in [4.78, 5) is 47.2. The average Bonchev–Trinajstić information content (AvgIpc) is 2.87. The first-order valence-electron chi connectivity index (χ1n) is 9.96. The van der Waals surface area contributed by atoms with Crippen molar-refractivity contribution in [2.75, 3.05) is 39.8 Å². The van der Waals surface area contributed by atoms with Crippen molar-refractivity contribution in [1.82, 2.24) is 0 Å². The van der Waals surface area contributed by atoms with Crippen molar-refractivity contribution < 1.29 is 65.1 Å². The molecule has 0 heterocycles. The minimum atomic E-state index is -2.13. The normalized spacial score (nSPS) is 10.3. The van der Waals surface area contributed by atoms with E-state index in [4.69, 9.17) is 28.4 Å². The molecule has 0 aliphatic carbocycles. The van der Waals surface area contributed by atoms with Gasteiger partial charge in [0.25, 0.3) is 0 Å². The van der Waals surface area contributed by atoms with Crippen molar-refractivity contribution in [2.24, 2.45) is 0 Å². The zero-order valence-corrected chi connectivity index (χ0v) is 19.9. The Morgan fingerprint density at radius 1 is 0.743 bits per heavy atom. The molecule has 0 radical (unpaired) electrons. The molecule has 0 N–H and O–H groups in total. The summed E-state index contributed by atoms with van der Waals surface area (Å²) in [7, 11) is 0. The van der Waals surface area contributed by atoms with Gasteiger partial charge in [-0.15, -0.1) is 0 Å². The first kappa shape index (κ1) is 29.4. The topological polar surface area (TPSA) is 141 Å². The Morgan fingerprint density at radius 3 is 1.80 bits per heavy atom. The van der Waals surface area contributed by atoms with Gasteiger partial charge in [-0.25, -0.2) is 0 Å². The third-order valence-corrected chi connectivity index (χ3v) is 5.32. The predicted molar refractivity (Wildman–Crippen MR) is 117 cm³/mol. The number of ether oxygens (including phenoxy) is 6. The molecule has 0 unspecified atom stereocenters. The molecule has 35 heavy (non-hydrogen) atoms. The molecular formula is C23H26CoO11. The Balaban J connectivity index is 2.91. The van der Waals surface area contributed by atoms with Crippen molar-refractivity contribution in [3.05, 3.63) is 67.5 Å². The van der Waals surface area contributed by atoms with Gasteiger partial charge in [-0.2, -0.15) is 0 Å². The van der Waals surface area contributed by atoms with Crippen LogP contribution in [0, 0.1) is 0 Å². The molecule has 0 atom stereocenters. The Bertz CT molecular complexity index is 955. The van der Waals surface area contributed by atoms with E-state index in [1.54, 1.807) is 0 Å². The molecule has 193 valence electrons. The molecule has 1 rings (SSSR count). The van der Waals surface area contributed by atoms with Crippen molar-refractivity contribution in [1.29, 1.82) is 0 Å². The predicted octanol–water partition coefficient (Wildman–Crippen LogP) is 1.60. The molecule has 0 amide bonds. The summed E-state index contributed by atoms with van der Waals surface area (Å²) in [5, 5.41) is -0.0613. The van der Waals surface area contributed by atoms with E-state index in [1.807, 2.05) is 0 Å². The van der Waals surface area contributed by atoms with E-state index in [0.717, 1.165) is 12.2 Å². The molecular weight excluding hydrogens is 511 g/mol. The second kappa shape index (κ2) is 16.9. The SMILES string of the molecule is C=COCOCCOC(=O)c1cc(C(=O)OCCOC(=O)C=C)c[c]([Co](=[O])[CH2]COC(=O)C=C)c1. The van der Waals surface area contributed by atoms with Crippen LogP contribution in [0.4, 0.5) is 0 Å². The van der Waals surface area contributed by atoms with Crippen LogP contribution in [0.3, 0.4) is 0 Å². The van der Waals surface area contributed by atoms with Crippen LogP contribution in [-0.2, 0) is 55.5 Å². The van der Waals surface area contributed by atoms with Gasteiger partial charge in [0.15, 0.2) is 0 Å². The first-order chi connectivity index (χ1) is 16.8. The number of rotatable bonds is 17. The van der Waals surface area contributed by atoms with E-state index in [9.17, 15) is 23.0 Å². The summed E-state index contributed by atoms with van der Waals surface area (Å²) >= 11 is -2.13. The molecule has 0 saturated heterocycles. The molecule has 0 spiro atoms. The van der Waals surface area contributed by atoms with Crippen LogP contribution in [0.2, 0.25) is 5.36 Å². The first-order valence-corrected chi connectivity index (χ1v) is 11.6.